The number of halogens is 1. The molecule has 2 nitrogen and oxygen atoms in total. The van der Waals surface area contributed by atoms with E-state index in [0.29, 0.717) is 11.1 Å². The van der Waals surface area contributed by atoms with Gasteiger partial charge in [-0.1, -0.05) is 6.07 Å². The molecule has 0 aromatic heterocycles. The highest BCUT2D eigenvalue weighted by Gasteiger charge is 2.53. The van der Waals surface area contributed by atoms with Gasteiger partial charge in [0.1, 0.15) is 17.4 Å². The summed E-state index contributed by atoms with van der Waals surface area (Å²) in [6.07, 6.45) is 5.25. The largest absolute Gasteiger partial charge is 0.383 e. The van der Waals surface area contributed by atoms with Crippen LogP contribution in [0.3, 0.4) is 0 Å². The van der Waals surface area contributed by atoms with Crippen LogP contribution in [0.4, 0.5) is 10.1 Å². The first-order valence-electron chi connectivity index (χ1n) is 6.18. The minimum Gasteiger partial charge on any atom is -0.383 e. The lowest BCUT2D eigenvalue weighted by molar-refractivity contribution is 0.466. The van der Waals surface area contributed by atoms with Crippen molar-refractivity contribution in [2.75, 3.05) is 11.9 Å². The Hall–Kier alpha value is -1.56. The number of benzene rings is 1. The fourth-order valence-corrected chi connectivity index (χ4v) is 2.64. The predicted molar refractivity (Wildman–Crippen MR) is 64.0 cm³/mol. The Morgan fingerprint density at radius 1 is 1.41 bits per heavy atom. The van der Waals surface area contributed by atoms with Gasteiger partial charge in [0.15, 0.2) is 0 Å². The minimum absolute atomic E-state index is 0.138. The molecule has 2 fully saturated rings. The standard InChI is InChI=1S/C14H15FN2/c15-12-2-1-3-13(11(12)8-16)17-9-14(6-7-14)10-4-5-10/h1-3,10,17H,4-7,9H2. The second kappa shape index (κ2) is 3.73. The molecule has 0 unspecified atom stereocenters. The molecule has 0 bridgehead atoms. The van der Waals surface area contributed by atoms with E-state index in [-0.39, 0.29) is 5.56 Å². The number of hydrogen-bond acceptors (Lipinski definition) is 2. The fraction of sp³-hybridized carbons (Fsp3) is 0.500. The molecule has 17 heavy (non-hydrogen) atoms. The van der Waals surface area contributed by atoms with Crippen LogP contribution in [0, 0.1) is 28.5 Å². The van der Waals surface area contributed by atoms with Crippen molar-refractivity contribution < 1.29 is 4.39 Å². The lowest BCUT2D eigenvalue weighted by Gasteiger charge is -2.16. The number of nitrogens with zero attached hydrogens (tertiary/aromatic N) is 1. The first-order chi connectivity index (χ1) is 8.25. The Kier molecular flexibility index (Phi) is 2.32. The molecule has 2 aliphatic carbocycles. The van der Waals surface area contributed by atoms with E-state index in [1.807, 2.05) is 6.07 Å². The fourth-order valence-electron chi connectivity index (χ4n) is 2.64. The molecule has 0 spiro atoms. The molecule has 88 valence electrons. The molecule has 0 saturated heterocycles. The molecular formula is C14H15FN2. The third-order valence-electron chi connectivity index (χ3n) is 4.09. The molecule has 1 N–H and O–H groups in total. The van der Waals surface area contributed by atoms with Crippen LogP contribution >= 0.6 is 0 Å². The van der Waals surface area contributed by atoms with Crippen LogP contribution in [0.25, 0.3) is 0 Å². The number of nitrogens with one attached hydrogen (secondary N) is 1. The summed E-state index contributed by atoms with van der Waals surface area (Å²) in [7, 11) is 0. The van der Waals surface area contributed by atoms with Crippen LogP contribution in [0.5, 0.6) is 0 Å². The third-order valence-corrected chi connectivity index (χ3v) is 4.09. The summed E-state index contributed by atoms with van der Waals surface area (Å²) >= 11 is 0. The van der Waals surface area contributed by atoms with Gasteiger partial charge in [0.05, 0.1) is 5.69 Å². The van der Waals surface area contributed by atoms with Crippen molar-refractivity contribution in [3.8, 4) is 6.07 Å². The average Bonchev–Trinajstić information content (AvgIpc) is 3.17. The molecule has 0 amide bonds. The molecular weight excluding hydrogens is 215 g/mol. The monoisotopic (exact) mass is 230 g/mol. The van der Waals surface area contributed by atoms with Crippen molar-refractivity contribution >= 4 is 5.69 Å². The molecule has 1 aromatic rings. The van der Waals surface area contributed by atoms with E-state index in [9.17, 15) is 4.39 Å². The minimum atomic E-state index is -0.436. The summed E-state index contributed by atoms with van der Waals surface area (Å²) in [5.41, 5.74) is 1.23. The molecule has 2 aliphatic rings. The maximum absolute atomic E-state index is 13.4. The van der Waals surface area contributed by atoms with Gasteiger partial charge in [-0.25, -0.2) is 4.39 Å². The number of anilines is 1. The topological polar surface area (TPSA) is 35.8 Å². The van der Waals surface area contributed by atoms with Gasteiger partial charge in [0.25, 0.3) is 0 Å². The lowest BCUT2D eigenvalue weighted by Crippen LogP contribution is -2.18. The molecule has 3 rings (SSSR count). The summed E-state index contributed by atoms with van der Waals surface area (Å²) in [6.45, 7) is 0.885. The summed E-state index contributed by atoms with van der Waals surface area (Å²) in [6, 6.07) is 6.69. The number of nitriles is 1. The highest BCUT2D eigenvalue weighted by molar-refractivity contribution is 5.58. The van der Waals surface area contributed by atoms with Crippen LogP contribution in [-0.4, -0.2) is 6.54 Å². The van der Waals surface area contributed by atoms with Gasteiger partial charge >= 0.3 is 0 Å². The van der Waals surface area contributed by atoms with Crippen molar-refractivity contribution in [1.29, 1.82) is 5.26 Å². The van der Waals surface area contributed by atoms with Crippen LogP contribution in [0.15, 0.2) is 18.2 Å². The molecule has 0 radical (unpaired) electrons. The van der Waals surface area contributed by atoms with E-state index in [1.165, 1.54) is 31.7 Å². The van der Waals surface area contributed by atoms with Crippen molar-refractivity contribution in [2.24, 2.45) is 11.3 Å². The zero-order chi connectivity index (χ0) is 11.9. The Morgan fingerprint density at radius 2 is 2.18 bits per heavy atom. The van der Waals surface area contributed by atoms with Gasteiger partial charge in [-0.05, 0) is 49.1 Å². The van der Waals surface area contributed by atoms with E-state index in [2.05, 4.69) is 5.32 Å². The zero-order valence-corrected chi connectivity index (χ0v) is 9.67. The van der Waals surface area contributed by atoms with Gasteiger partial charge in [0.2, 0.25) is 0 Å². The van der Waals surface area contributed by atoms with Crippen molar-refractivity contribution in [3.63, 3.8) is 0 Å². The number of hydrogen-bond donors (Lipinski definition) is 1. The number of rotatable bonds is 4. The van der Waals surface area contributed by atoms with Crippen molar-refractivity contribution in [1.82, 2.24) is 0 Å². The van der Waals surface area contributed by atoms with E-state index >= 15 is 0 Å². The zero-order valence-electron chi connectivity index (χ0n) is 9.67. The Balaban J connectivity index is 1.73. The Labute approximate surface area is 100 Å². The molecule has 0 atom stereocenters. The average molecular weight is 230 g/mol. The third kappa shape index (κ3) is 1.88. The normalized spacial score (nSPS) is 20.7. The molecule has 0 heterocycles. The first-order valence-corrected chi connectivity index (χ1v) is 6.18. The van der Waals surface area contributed by atoms with Gasteiger partial charge in [0, 0.05) is 6.54 Å². The van der Waals surface area contributed by atoms with E-state index in [1.54, 1.807) is 12.1 Å². The van der Waals surface area contributed by atoms with Gasteiger partial charge in [-0.2, -0.15) is 5.26 Å². The maximum atomic E-state index is 13.4. The molecule has 3 heteroatoms. The van der Waals surface area contributed by atoms with Crippen LogP contribution in [0.2, 0.25) is 0 Å². The smallest absolute Gasteiger partial charge is 0.143 e. The maximum Gasteiger partial charge on any atom is 0.143 e. The lowest BCUT2D eigenvalue weighted by atomic mass is 10.0. The second-order valence-corrected chi connectivity index (χ2v) is 5.26. The SMILES string of the molecule is N#Cc1c(F)cccc1NCC1(C2CC2)CC1. The summed E-state index contributed by atoms with van der Waals surface area (Å²) < 4.78 is 13.4. The molecule has 1 aromatic carbocycles. The summed E-state index contributed by atoms with van der Waals surface area (Å²) in [5, 5.41) is 12.2. The van der Waals surface area contributed by atoms with Crippen LogP contribution < -0.4 is 5.32 Å². The van der Waals surface area contributed by atoms with E-state index in [0.717, 1.165) is 12.5 Å². The Morgan fingerprint density at radius 3 is 2.76 bits per heavy atom. The van der Waals surface area contributed by atoms with Crippen molar-refractivity contribution in [3.05, 3.63) is 29.6 Å². The second-order valence-electron chi connectivity index (χ2n) is 5.26. The van der Waals surface area contributed by atoms with Crippen LogP contribution in [-0.2, 0) is 0 Å². The molecule has 2 saturated carbocycles. The van der Waals surface area contributed by atoms with E-state index < -0.39 is 5.82 Å². The Bertz CT molecular complexity index is 481. The predicted octanol–water partition coefficient (Wildman–Crippen LogP) is 3.30. The highest BCUT2D eigenvalue weighted by atomic mass is 19.1. The van der Waals surface area contributed by atoms with Crippen molar-refractivity contribution in [2.45, 2.75) is 25.7 Å². The first kappa shape index (κ1) is 10.6. The summed E-state index contributed by atoms with van der Waals surface area (Å²) in [5.74, 6) is 0.433. The summed E-state index contributed by atoms with van der Waals surface area (Å²) in [4.78, 5) is 0. The van der Waals surface area contributed by atoms with E-state index in [4.69, 9.17) is 5.26 Å². The van der Waals surface area contributed by atoms with Gasteiger partial charge < -0.3 is 5.32 Å². The highest BCUT2D eigenvalue weighted by Crippen LogP contribution is 2.61. The van der Waals surface area contributed by atoms with Crippen LogP contribution in [0.1, 0.15) is 31.2 Å². The quantitative estimate of drug-likeness (QED) is 0.861. The van der Waals surface area contributed by atoms with Gasteiger partial charge in [-0.3, -0.25) is 0 Å². The molecule has 0 aliphatic heterocycles. The van der Waals surface area contributed by atoms with Gasteiger partial charge in [-0.15, -0.1) is 0 Å².